The van der Waals surface area contributed by atoms with Crippen molar-refractivity contribution < 1.29 is 38.7 Å². The molecule has 8 nitrogen and oxygen atoms in total. The third-order valence-corrected chi connectivity index (χ3v) is 29.8. The van der Waals surface area contributed by atoms with Gasteiger partial charge in [-0.3, -0.25) is 33.6 Å². The first kappa shape index (κ1) is 97.5. The molecule has 10 atom stereocenters. The highest BCUT2D eigenvalue weighted by atomic mass is 16.4. The number of carbonyl (C=O) groups is 7. The summed E-state index contributed by atoms with van der Waals surface area (Å²) in [4.78, 5) is 133. The Morgan fingerprint density at radius 2 is 0.686 bits per heavy atom. The summed E-state index contributed by atoms with van der Waals surface area (Å²) in [7, 11) is 0. The molecule has 1 rings (SSSR count). The molecule has 1 aliphatic carbocycles. The standard InChI is InChI=1S/C94H174O8/c1-34-46-54-58-68-92(69-70(13)42-9,86(29,64-50-38-5)73(96)80(17,18)19)90(33,76(99)89(32,83(26,61-47-35-2)62-48-36-3)85(28,63-49-37-4)71-59-56-55-57-60-71)93(78(101)102,91(44-11,45-12)67-53-41-8)77(100)94(84(27,43-10)72(95)79(14,15)16,87(30,65-51-39-6)74(97)81(20,21)22)88(31,66-52-40-7)75(98)82(23,24)25/h70-71H,34-69H2,1-33H3,(H,101,102). The Kier molecular flexibility index (Phi) is 36.5. The number of carboxylic acids is 1. The molecule has 1 N–H and O–H groups in total. The molecule has 0 bridgehead atoms. The molecule has 1 fully saturated rings. The van der Waals surface area contributed by atoms with Gasteiger partial charge in [-0.25, -0.2) is 0 Å². The van der Waals surface area contributed by atoms with Crippen LogP contribution in [0.2, 0.25) is 0 Å². The van der Waals surface area contributed by atoms with Crippen LogP contribution in [0, 0.1) is 98.5 Å². The van der Waals surface area contributed by atoms with Crippen LogP contribution in [0.1, 0.15) is 460 Å². The lowest BCUT2D eigenvalue weighted by Gasteiger charge is -2.74. The topological polar surface area (TPSA) is 140 Å². The summed E-state index contributed by atoms with van der Waals surface area (Å²) in [6, 6.07) is 0. The zero-order valence-electron chi connectivity index (χ0n) is 74.4. The highest BCUT2D eigenvalue weighted by molar-refractivity contribution is 6.19. The Labute approximate surface area is 634 Å². The molecule has 0 amide bonds. The number of hydrogen-bond donors (Lipinski definition) is 1. The molecule has 10 unspecified atom stereocenters. The number of hydrogen-bond acceptors (Lipinski definition) is 7. The zero-order valence-corrected chi connectivity index (χ0v) is 74.4. The van der Waals surface area contributed by atoms with Crippen LogP contribution in [0.5, 0.6) is 0 Å². The van der Waals surface area contributed by atoms with Gasteiger partial charge in [-0.05, 0) is 123 Å². The van der Waals surface area contributed by atoms with Gasteiger partial charge >= 0.3 is 5.97 Å². The van der Waals surface area contributed by atoms with Crippen molar-refractivity contribution in [3.8, 4) is 0 Å². The Balaban J connectivity index is 7.38. The van der Waals surface area contributed by atoms with Crippen LogP contribution >= 0.6 is 0 Å². The highest BCUT2D eigenvalue weighted by Gasteiger charge is 2.88. The molecule has 0 spiro atoms. The summed E-state index contributed by atoms with van der Waals surface area (Å²) in [5, 5.41) is 15.3. The summed E-state index contributed by atoms with van der Waals surface area (Å²) < 4.78 is 0. The quantitative estimate of drug-likeness (QED) is 0.0469. The van der Waals surface area contributed by atoms with Crippen LogP contribution in [0.3, 0.4) is 0 Å². The van der Waals surface area contributed by atoms with Gasteiger partial charge in [0.05, 0.1) is 10.8 Å². The Morgan fingerprint density at radius 3 is 1.03 bits per heavy atom. The van der Waals surface area contributed by atoms with Crippen LogP contribution in [0.15, 0.2) is 0 Å². The van der Waals surface area contributed by atoms with Gasteiger partial charge < -0.3 is 5.11 Å². The monoisotopic (exact) mass is 1430 g/mol. The fraction of sp³-hybridized carbons (Fsp3) is 0.926. The lowest BCUT2D eigenvalue weighted by molar-refractivity contribution is -0.251. The van der Waals surface area contributed by atoms with Gasteiger partial charge in [0.2, 0.25) is 0 Å². The normalized spacial score (nSPS) is 20.5. The number of aliphatic carboxylic acids is 1. The fourth-order valence-electron chi connectivity index (χ4n) is 23.8. The third-order valence-electron chi connectivity index (χ3n) is 29.8. The van der Waals surface area contributed by atoms with Gasteiger partial charge in [0.25, 0.3) is 0 Å². The van der Waals surface area contributed by atoms with Crippen molar-refractivity contribution >= 4 is 40.7 Å². The van der Waals surface area contributed by atoms with Crippen LogP contribution < -0.4 is 0 Å². The highest BCUT2D eigenvalue weighted by Crippen LogP contribution is 2.82. The van der Waals surface area contributed by atoms with Gasteiger partial charge in [-0.15, -0.1) is 0 Å². The number of Topliss-reactive ketones (excluding diaryl/α,β-unsaturated/α-hetero) is 6. The molecule has 1 saturated carbocycles. The molecule has 0 aromatic rings. The molecule has 0 radical (unpaired) electrons. The number of carbonyl (C=O) groups excluding carboxylic acids is 6. The maximum absolute atomic E-state index is 21.6. The van der Waals surface area contributed by atoms with Crippen LogP contribution in [-0.4, -0.2) is 45.8 Å². The fourth-order valence-corrected chi connectivity index (χ4v) is 23.8. The molecule has 0 aliphatic heterocycles. The minimum Gasteiger partial charge on any atom is -0.480 e. The van der Waals surface area contributed by atoms with Crippen LogP contribution in [-0.2, 0) is 33.6 Å². The van der Waals surface area contributed by atoms with E-state index in [1.54, 1.807) is 0 Å². The van der Waals surface area contributed by atoms with Crippen molar-refractivity contribution in [1.29, 1.82) is 0 Å². The van der Waals surface area contributed by atoms with E-state index in [9.17, 15) is 0 Å². The van der Waals surface area contributed by atoms with Gasteiger partial charge in [0.15, 0.2) is 5.78 Å². The second-order valence-electron chi connectivity index (χ2n) is 40.3. The second-order valence-corrected chi connectivity index (χ2v) is 40.3. The summed E-state index contributed by atoms with van der Waals surface area (Å²) in [5.41, 5.74) is -26.2. The van der Waals surface area contributed by atoms with Gasteiger partial charge in [-0.1, -0.05) is 370 Å². The van der Waals surface area contributed by atoms with Crippen molar-refractivity contribution in [3.05, 3.63) is 0 Å². The van der Waals surface area contributed by atoms with Crippen molar-refractivity contribution in [2.75, 3.05) is 0 Å². The van der Waals surface area contributed by atoms with Crippen molar-refractivity contribution in [3.63, 3.8) is 0 Å². The lowest BCUT2D eigenvalue weighted by atomic mass is 9.25. The molecular weight excluding hydrogens is 1260 g/mol. The van der Waals surface area contributed by atoms with Crippen LogP contribution in [0.4, 0.5) is 0 Å². The maximum Gasteiger partial charge on any atom is 0.318 e. The average molecular weight is 1430 g/mol. The average Bonchev–Trinajstić information content (AvgIpc) is 0.638. The number of carboxylic acid groups (broad SMARTS) is 1. The Morgan fingerprint density at radius 1 is 0.343 bits per heavy atom. The van der Waals surface area contributed by atoms with E-state index in [0.29, 0.717) is 83.5 Å². The van der Waals surface area contributed by atoms with E-state index >= 15 is 38.7 Å². The molecule has 8 heteroatoms. The van der Waals surface area contributed by atoms with E-state index in [1.807, 2.05) is 111 Å². The van der Waals surface area contributed by atoms with E-state index in [2.05, 4.69) is 118 Å². The minimum absolute atomic E-state index is 0.0139. The molecule has 1 aliphatic rings. The van der Waals surface area contributed by atoms with Crippen molar-refractivity contribution in [1.82, 2.24) is 0 Å². The number of unbranched alkanes of at least 4 members (excludes halogenated alkanes) is 10. The summed E-state index contributed by atoms with van der Waals surface area (Å²) in [6.07, 6.45) is 22.1. The molecule has 598 valence electrons. The number of rotatable bonds is 51. The van der Waals surface area contributed by atoms with Gasteiger partial charge in [0.1, 0.15) is 34.3 Å². The third kappa shape index (κ3) is 17.4. The van der Waals surface area contributed by atoms with Crippen molar-refractivity contribution in [2.45, 2.75) is 460 Å². The Hall–Kier alpha value is -2.51. The summed E-state index contributed by atoms with van der Waals surface area (Å²) in [6.45, 7) is 68.5. The molecule has 102 heavy (non-hydrogen) atoms. The van der Waals surface area contributed by atoms with E-state index in [0.717, 1.165) is 96.3 Å². The van der Waals surface area contributed by atoms with E-state index in [-0.39, 0.29) is 92.1 Å². The number of ketones is 6. The largest absolute Gasteiger partial charge is 0.480 e. The SMILES string of the molecule is CCCCCCC(CC(C)CC)(C(C)(CCCC)C(=O)C(C)(C)C)C(C)(C(=O)C(C)(C(C)(CCCC)CCCC)C(C)(CCCC)C1CCCCC1)C(C(=O)O)(C(=O)C(C(C)(CC)C(=O)C(C)(C)C)(C(C)(CCCC)C(=O)C(C)(C)C)C(C)(CCCC)C(=O)C(C)(C)C)C(CC)(CC)CCCC. The lowest BCUT2D eigenvalue weighted by Crippen LogP contribution is -2.82. The molecule has 0 heterocycles. The smallest absolute Gasteiger partial charge is 0.318 e. The predicted octanol–water partition coefficient (Wildman–Crippen LogP) is 28.2. The van der Waals surface area contributed by atoms with Gasteiger partial charge in [-0.2, -0.15) is 0 Å². The predicted molar refractivity (Wildman–Crippen MR) is 437 cm³/mol. The first-order chi connectivity index (χ1) is 46.8. The van der Waals surface area contributed by atoms with E-state index in [4.69, 9.17) is 0 Å². The Bertz CT molecular complexity index is 2600. The summed E-state index contributed by atoms with van der Waals surface area (Å²) >= 11 is 0. The summed E-state index contributed by atoms with van der Waals surface area (Å²) in [5.74, 6) is -3.41. The first-order valence-corrected chi connectivity index (χ1v) is 43.4. The van der Waals surface area contributed by atoms with Gasteiger partial charge in [0, 0.05) is 48.7 Å². The maximum atomic E-state index is 21.6. The molecule has 0 saturated heterocycles. The first-order valence-electron chi connectivity index (χ1n) is 43.4. The zero-order chi connectivity index (χ0) is 79.7. The van der Waals surface area contributed by atoms with E-state index in [1.165, 1.54) is 0 Å². The molecular formula is C94H174O8. The van der Waals surface area contributed by atoms with Crippen molar-refractivity contribution in [2.24, 2.45) is 98.5 Å². The molecule has 0 aromatic carbocycles. The minimum atomic E-state index is -2.90. The molecule has 0 aromatic heterocycles. The van der Waals surface area contributed by atoms with Crippen LogP contribution in [0.25, 0.3) is 0 Å². The second kappa shape index (κ2) is 38.2. The van der Waals surface area contributed by atoms with E-state index < -0.39 is 98.4 Å².